The minimum absolute atomic E-state index is 0.0650. The zero-order chi connectivity index (χ0) is 15.9. The van der Waals surface area contributed by atoms with E-state index in [1.54, 1.807) is 7.11 Å². The molecule has 0 bridgehead atoms. The number of carboxylic acid groups (broad SMARTS) is 1. The van der Waals surface area contributed by atoms with Gasteiger partial charge in [-0.15, -0.1) is 0 Å². The summed E-state index contributed by atoms with van der Waals surface area (Å²) >= 11 is 0. The lowest BCUT2D eigenvalue weighted by Crippen LogP contribution is -2.34. The molecule has 0 atom stereocenters. The van der Waals surface area contributed by atoms with Crippen molar-refractivity contribution < 1.29 is 24.1 Å². The number of likely N-dealkylation sites (N-methyl/N-ethyl adjacent to an activating group) is 2. The Hall–Kier alpha value is -0.730. The Morgan fingerprint density at radius 2 is 1.38 bits per heavy atom. The van der Waals surface area contributed by atoms with E-state index < -0.39 is 5.97 Å². The Bertz CT molecular complexity index is 254. The van der Waals surface area contributed by atoms with Crippen LogP contribution in [0.25, 0.3) is 0 Å². The minimum atomic E-state index is -0.822. The molecule has 7 heteroatoms. The number of aliphatic carboxylic acids is 1. The largest absolute Gasteiger partial charge is 0.481 e. The predicted molar refractivity (Wildman–Crippen MR) is 80.8 cm³/mol. The van der Waals surface area contributed by atoms with Gasteiger partial charge in [-0.3, -0.25) is 4.79 Å². The smallest absolute Gasteiger partial charge is 0.305 e. The van der Waals surface area contributed by atoms with Crippen LogP contribution < -0.4 is 0 Å². The molecule has 0 radical (unpaired) electrons. The van der Waals surface area contributed by atoms with Crippen molar-refractivity contribution in [3.63, 3.8) is 0 Å². The molecule has 0 aliphatic rings. The molecule has 0 aromatic rings. The van der Waals surface area contributed by atoms with E-state index in [-0.39, 0.29) is 13.0 Å². The highest BCUT2D eigenvalue weighted by atomic mass is 16.5. The second-order valence-electron chi connectivity index (χ2n) is 4.97. The zero-order valence-electron chi connectivity index (χ0n) is 13.5. The molecule has 0 rings (SSSR count). The number of hydrogen-bond donors (Lipinski definition) is 1. The second kappa shape index (κ2) is 14.2. The molecule has 0 saturated heterocycles. The van der Waals surface area contributed by atoms with Gasteiger partial charge >= 0.3 is 5.97 Å². The van der Waals surface area contributed by atoms with Gasteiger partial charge < -0.3 is 29.1 Å². The van der Waals surface area contributed by atoms with Gasteiger partial charge in [-0.2, -0.15) is 0 Å². The summed E-state index contributed by atoms with van der Waals surface area (Å²) in [5, 5.41) is 8.47. The summed E-state index contributed by atoms with van der Waals surface area (Å²) < 4.78 is 15.6. The number of carbonyl (C=O) groups is 1. The minimum Gasteiger partial charge on any atom is -0.481 e. The Morgan fingerprint density at radius 1 is 0.857 bits per heavy atom. The number of hydrogen-bond acceptors (Lipinski definition) is 6. The lowest BCUT2D eigenvalue weighted by Gasteiger charge is -2.21. The Morgan fingerprint density at radius 3 is 1.86 bits per heavy atom. The molecule has 0 aromatic heterocycles. The average molecular weight is 306 g/mol. The maximum absolute atomic E-state index is 10.3. The molecule has 21 heavy (non-hydrogen) atoms. The van der Waals surface area contributed by atoms with Crippen LogP contribution in [-0.4, -0.2) is 101 Å². The van der Waals surface area contributed by atoms with Crippen molar-refractivity contribution in [2.45, 2.75) is 6.42 Å². The van der Waals surface area contributed by atoms with Gasteiger partial charge in [-0.25, -0.2) is 0 Å². The van der Waals surface area contributed by atoms with Crippen molar-refractivity contribution in [3.05, 3.63) is 0 Å². The summed E-state index contributed by atoms with van der Waals surface area (Å²) in [6.45, 7) is 6.42. The Labute approximate surface area is 127 Å². The van der Waals surface area contributed by atoms with Crippen molar-refractivity contribution in [2.24, 2.45) is 0 Å². The molecule has 0 aliphatic heterocycles. The van der Waals surface area contributed by atoms with Crippen molar-refractivity contribution in [1.82, 2.24) is 9.80 Å². The highest BCUT2D eigenvalue weighted by Crippen LogP contribution is 1.90. The molecule has 0 unspecified atom stereocenters. The van der Waals surface area contributed by atoms with Crippen LogP contribution in [0.2, 0.25) is 0 Å². The predicted octanol–water partition coefficient (Wildman–Crippen LogP) is 0.00430. The fraction of sp³-hybridized carbons (Fsp3) is 0.929. The normalized spacial score (nSPS) is 11.5. The SMILES string of the molecule is COCCOCCN(C)CCN(C)CCOCCC(=O)O. The van der Waals surface area contributed by atoms with E-state index in [9.17, 15) is 4.79 Å². The first kappa shape index (κ1) is 20.3. The van der Waals surface area contributed by atoms with E-state index in [0.717, 1.165) is 26.2 Å². The zero-order valence-corrected chi connectivity index (χ0v) is 13.5. The molecule has 0 aliphatic carbocycles. The summed E-state index contributed by atoms with van der Waals surface area (Å²) in [6.07, 6.45) is 0.0650. The molecule has 7 nitrogen and oxygen atoms in total. The highest BCUT2D eigenvalue weighted by Gasteiger charge is 2.03. The van der Waals surface area contributed by atoms with E-state index in [1.807, 2.05) is 7.05 Å². The van der Waals surface area contributed by atoms with E-state index >= 15 is 0 Å². The maximum atomic E-state index is 10.3. The standard InChI is InChI=1S/C14H30N2O5/c1-15(7-10-20-9-4-14(17)18)5-6-16(2)8-11-21-13-12-19-3/h4-13H2,1-3H3,(H,17,18). The number of nitrogens with zero attached hydrogens (tertiary/aromatic N) is 2. The summed E-state index contributed by atoms with van der Waals surface area (Å²) in [5.41, 5.74) is 0. The fourth-order valence-electron chi connectivity index (χ4n) is 1.51. The monoisotopic (exact) mass is 306 g/mol. The Balaban J connectivity index is 3.37. The Kier molecular flexibility index (Phi) is 13.7. The molecule has 0 spiro atoms. The van der Waals surface area contributed by atoms with Crippen molar-refractivity contribution >= 4 is 5.97 Å². The molecule has 0 fully saturated rings. The summed E-state index contributed by atoms with van der Waals surface area (Å²) in [6, 6.07) is 0. The number of carboxylic acids is 1. The first-order chi connectivity index (χ1) is 10.1. The molecule has 0 heterocycles. The van der Waals surface area contributed by atoms with Crippen molar-refractivity contribution in [2.75, 3.05) is 80.4 Å². The topological polar surface area (TPSA) is 71.5 Å². The van der Waals surface area contributed by atoms with Crippen LogP contribution in [0.15, 0.2) is 0 Å². The van der Waals surface area contributed by atoms with E-state index in [1.165, 1.54) is 0 Å². The van der Waals surface area contributed by atoms with Crippen LogP contribution in [0.5, 0.6) is 0 Å². The van der Waals surface area contributed by atoms with Gasteiger partial charge in [0.15, 0.2) is 0 Å². The van der Waals surface area contributed by atoms with Gasteiger partial charge in [-0.1, -0.05) is 0 Å². The first-order valence-electron chi connectivity index (χ1n) is 7.29. The third-order valence-corrected chi connectivity index (χ3v) is 2.99. The summed E-state index contributed by atoms with van der Waals surface area (Å²) in [7, 11) is 5.76. The highest BCUT2D eigenvalue weighted by molar-refractivity contribution is 5.66. The summed E-state index contributed by atoms with van der Waals surface area (Å²) in [5.74, 6) is -0.822. The van der Waals surface area contributed by atoms with Crippen LogP contribution in [-0.2, 0) is 19.0 Å². The van der Waals surface area contributed by atoms with E-state index in [2.05, 4.69) is 16.8 Å². The molecular weight excluding hydrogens is 276 g/mol. The quantitative estimate of drug-likeness (QED) is 0.427. The van der Waals surface area contributed by atoms with Crippen LogP contribution in [0, 0.1) is 0 Å². The molecule has 0 aromatic carbocycles. The van der Waals surface area contributed by atoms with Crippen LogP contribution in [0.3, 0.4) is 0 Å². The van der Waals surface area contributed by atoms with Gasteiger partial charge in [0.2, 0.25) is 0 Å². The third kappa shape index (κ3) is 15.5. The van der Waals surface area contributed by atoms with Gasteiger partial charge in [-0.05, 0) is 14.1 Å². The van der Waals surface area contributed by atoms with Crippen LogP contribution in [0.1, 0.15) is 6.42 Å². The number of ether oxygens (including phenoxy) is 3. The molecule has 0 saturated carbocycles. The van der Waals surface area contributed by atoms with Gasteiger partial charge in [0.1, 0.15) is 0 Å². The number of rotatable bonds is 15. The fourth-order valence-corrected chi connectivity index (χ4v) is 1.51. The van der Waals surface area contributed by atoms with Crippen molar-refractivity contribution in [1.29, 1.82) is 0 Å². The molecular formula is C14H30N2O5. The second-order valence-corrected chi connectivity index (χ2v) is 4.97. The average Bonchev–Trinajstić information content (AvgIpc) is 2.44. The maximum Gasteiger partial charge on any atom is 0.305 e. The first-order valence-corrected chi connectivity index (χ1v) is 7.29. The van der Waals surface area contributed by atoms with Crippen LogP contribution in [0.4, 0.5) is 0 Å². The van der Waals surface area contributed by atoms with Gasteiger partial charge in [0.05, 0.1) is 39.5 Å². The lowest BCUT2D eigenvalue weighted by atomic mass is 10.4. The van der Waals surface area contributed by atoms with Gasteiger partial charge in [0.25, 0.3) is 0 Å². The lowest BCUT2D eigenvalue weighted by molar-refractivity contribution is -0.138. The van der Waals surface area contributed by atoms with Gasteiger partial charge in [0, 0.05) is 33.3 Å². The third-order valence-electron chi connectivity index (χ3n) is 2.99. The number of methoxy groups -OCH3 is 1. The van der Waals surface area contributed by atoms with E-state index in [4.69, 9.17) is 19.3 Å². The van der Waals surface area contributed by atoms with Crippen LogP contribution >= 0.6 is 0 Å². The molecule has 1 N–H and O–H groups in total. The van der Waals surface area contributed by atoms with Crippen molar-refractivity contribution in [3.8, 4) is 0 Å². The molecule has 0 amide bonds. The summed E-state index contributed by atoms with van der Waals surface area (Å²) in [4.78, 5) is 14.7. The molecule has 126 valence electrons. The van der Waals surface area contributed by atoms with E-state index in [0.29, 0.717) is 26.4 Å².